The van der Waals surface area contributed by atoms with Gasteiger partial charge in [0.1, 0.15) is 0 Å². The van der Waals surface area contributed by atoms with Crippen molar-refractivity contribution in [2.24, 2.45) is 5.73 Å². The Labute approximate surface area is 75.9 Å². The minimum atomic E-state index is -1.28. The molecular formula is C6H12N2O3S. The first-order valence-corrected chi connectivity index (χ1v) is 4.08. The van der Waals surface area contributed by atoms with Gasteiger partial charge in [-0.3, -0.25) is 4.79 Å². The molecule has 70 valence electrons. The zero-order valence-corrected chi connectivity index (χ0v) is 7.62. The second kappa shape index (κ2) is 5.00. The summed E-state index contributed by atoms with van der Waals surface area (Å²) in [5.74, 6) is -0.470. The van der Waals surface area contributed by atoms with Crippen LogP contribution in [0.2, 0.25) is 0 Å². The second-order valence-corrected chi connectivity index (χ2v) is 2.52. The largest absolute Gasteiger partial charge is 0.465 e. The monoisotopic (exact) mass is 192 g/mol. The van der Waals surface area contributed by atoms with E-state index >= 15 is 0 Å². The van der Waals surface area contributed by atoms with Gasteiger partial charge < -0.3 is 10.8 Å². The van der Waals surface area contributed by atoms with Gasteiger partial charge in [-0.1, -0.05) is 0 Å². The molecule has 2 amide bonds. The van der Waals surface area contributed by atoms with Crippen LogP contribution < -0.4 is 5.73 Å². The number of likely N-dealkylation sites (N-methyl/N-ethyl adjacent to an activating group) is 1. The molecule has 5 nitrogen and oxygen atoms in total. The Morgan fingerprint density at radius 3 is 2.42 bits per heavy atom. The predicted molar refractivity (Wildman–Crippen MR) is 47.2 cm³/mol. The standard InChI is InChI=1S/C6H12N2O3S/c1-2-8(6(10)11)5(9)4(7)3-12/h4,12H,2-3,7H2,1H3,(H,10,11)/t4-/m0/s1. The van der Waals surface area contributed by atoms with Gasteiger partial charge in [0, 0.05) is 12.3 Å². The molecule has 0 heterocycles. The number of imide groups is 1. The molecule has 0 aliphatic heterocycles. The zero-order chi connectivity index (χ0) is 9.72. The molecule has 0 aromatic rings. The molecule has 0 fully saturated rings. The molecule has 0 aliphatic carbocycles. The summed E-state index contributed by atoms with van der Waals surface area (Å²) in [6.07, 6.45) is -1.28. The van der Waals surface area contributed by atoms with E-state index in [1.165, 1.54) is 0 Å². The highest BCUT2D eigenvalue weighted by atomic mass is 32.1. The van der Waals surface area contributed by atoms with Crippen LogP contribution in [-0.4, -0.2) is 40.3 Å². The average molecular weight is 192 g/mol. The number of hydrogen-bond acceptors (Lipinski definition) is 4. The van der Waals surface area contributed by atoms with E-state index in [0.29, 0.717) is 4.90 Å². The molecule has 0 saturated heterocycles. The second-order valence-electron chi connectivity index (χ2n) is 2.15. The van der Waals surface area contributed by atoms with Crippen molar-refractivity contribution in [2.45, 2.75) is 13.0 Å². The fraction of sp³-hybridized carbons (Fsp3) is 0.667. The van der Waals surface area contributed by atoms with Crippen molar-refractivity contribution in [2.75, 3.05) is 12.3 Å². The maximum atomic E-state index is 11.1. The number of thiol groups is 1. The lowest BCUT2D eigenvalue weighted by atomic mass is 10.3. The maximum Gasteiger partial charge on any atom is 0.414 e. The number of nitrogens with zero attached hydrogens (tertiary/aromatic N) is 1. The van der Waals surface area contributed by atoms with Crippen molar-refractivity contribution in [3.8, 4) is 0 Å². The predicted octanol–water partition coefficient (Wildman–Crippen LogP) is -0.230. The quantitative estimate of drug-likeness (QED) is 0.539. The fourth-order valence-electron chi connectivity index (χ4n) is 0.664. The average Bonchev–Trinajstić information content (AvgIpc) is 2.03. The van der Waals surface area contributed by atoms with Crippen LogP contribution >= 0.6 is 12.6 Å². The first-order valence-electron chi connectivity index (χ1n) is 3.45. The van der Waals surface area contributed by atoms with E-state index in [-0.39, 0.29) is 12.3 Å². The molecule has 6 heteroatoms. The summed E-state index contributed by atoms with van der Waals surface area (Å²) < 4.78 is 0. The van der Waals surface area contributed by atoms with E-state index < -0.39 is 18.0 Å². The summed E-state index contributed by atoms with van der Waals surface area (Å²) in [4.78, 5) is 22.2. The lowest BCUT2D eigenvalue weighted by Gasteiger charge is -2.17. The minimum Gasteiger partial charge on any atom is -0.465 e. The van der Waals surface area contributed by atoms with Gasteiger partial charge in [-0.15, -0.1) is 0 Å². The summed E-state index contributed by atoms with van der Waals surface area (Å²) >= 11 is 3.79. The summed E-state index contributed by atoms with van der Waals surface area (Å²) in [5, 5.41) is 8.51. The van der Waals surface area contributed by atoms with Crippen LogP contribution in [0.1, 0.15) is 6.92 Å². The molecule has 0 rings (SSSR count). The zero-order valence-electron chi connectivity index (χ0n) is 6.73. The van der Waals surface area contributed by atoms with Crippen molar-refractivity contribution in [3.05, 3.63) is 0 Å². The summed E-state index contributed by atoms with van der Waals surface area (Å²) in [5.41, 5.74) is 5.30. The molecule has 0 unspecified atom stereocenters. The molecule has 0 aliphatic rings. The van der Waals surface area contributed by atoms with Crippen molar-refractivity contribution >= 4 is 24.6 Å². The van der Waals surface area contributed by atoms with Crippen LogP contribution in [0.5, 0.6) is 0 Å². The number of hydrogen-bond donors (Lipinski definition) is 3. The lowest BCUT2D eigenvalue weighted by molar-refractivity contribution is -0.129. The van der Waals surface area contributed by atoms with Crippen LogP contribution in [0.25, 0.3) is 0 Å². The Morgan fingerprint density at radius 1 is 1.67 bits per heavy atom. The number of carboxylic acid groups (broad SMARTS) is 1. The highest BCUT2D eigenvalue weighted by molar-refractivity contribution is 7.80. The summed E-state index contributed by atoms with van der Waals surface area (Å²) in [6, 6.07) is -0.843. The van der Waals surface area contributed by atoms with Gasteiger partial charge in [-0.2, -0.15) is 12.6 Å². The molecule has 0 spiro atoms. The molecule has 12 heavy (non-hydrogen) atoms. The van der Waals surface area contributed by atoms with Gasteiger partial charge in [0.25, 0.3) is 0 Å². The first-order chi connectivity index (χ1) is 5.54. The van der Waals surface area contributed by atoms with E-state index in [0.717, 1.165) is 0 Å². The normalized spacial score (nSPS) is 12.2. The van der Waals surface area contributed by atoms with E-state index in [2.05, 4.69) is 12.6 Å². The lowest BCUT2D eigenvalue weighted by Crippen LogP contribution is -2.47. The molecule has 0 radical (unpaired) electrons. The molecule has 0 bridgehead atoms. The van der Waals surface area contributed by atoms with Crippen LogP contribution in [0.4, 0.5) is 4.79 Å². The molecular weight excluding hydrogens is 180 g/mol. The van der Waals surface area contributed by atoms with Gasteiger partial charge in [-0.05, 0) is 6.92 Å². The Kier molecular flexibility index (Phi) is 4.68. The SMILES string of the molecule is CCN(C(=O)O)C(=O)[C@@H](N)CS. The maximum absolute atomic E-state index is 11.1. The first kappa shape index (κ1) is 11.2. The summed E-state index contributed by atoms with van der Waals surface area (Å²) in [6.45, 7) is 1.67. The van der Waals surface area contributed by atoms with Gasteiger partial charge >= 0.3 is 6.09 Å². The van der Waals surface area contributed by atoms with Crippen LogP contribution in [0, 0.1) is 0 Å². The van der Waals surface area contributed by atoms with E-state index in [4.69, 9.17) is 10.8 Å². The van der Waals surface area contributed by atoms with Gasteiger partial charge in [-0.25, -0.2) is 9.69 Å². The van der Waals surface area contributed by atoms with Crippen LogP contribution in [-0.2, 0) is 4.79 Å². The third-order valence-corrected chi connectivity index (χ3v) is 1.72. The van der Waals surface area contributed by atoms with E-state index in [1.807, 2.05) is 0 Å². The van der Waals surface area contributed by atoms with Crippen molar-refractivity contribution in [3.63, 3.8) is 0 Å². The van der Waals surface area contributed by atoms with Crippen molar-refractivity contribution < 1.29 is 14.7 Å². The number of carbonyl (C=O) groups is 2. The van der Waals surface area contributed by atoms with Gasteiger partial charge in [0.15, 0.2) is 0 Å². The minimum absolute atomic E-state index is 0.107. The number of carbonyl (C=O) groups excluding carboxylic acids is 1. The number of nitrogens with two attached hydrogens (primary N) is 1. The van der Waals surface area contributed by atoms with Crippen molar-refractivity contribution in [1.82, 2.24) is 4.90 Å². The van der Waals surface area contributed by atoms with Gasteiger partial charge in [0.05, 0.1) is 6.04 Å². The van der Waals surface area contributed by atoms with Gasteiger partial charge in [0.2, 0.25) is 5.91 Å². The Hall–Kier alpha value is -0.750. The third-order valence-electron chi connectivity index (χ3n) is 1.33. The highest BCUT2D eigenvalue weighted by Crippen LogP contribution is 1.95. The van der Waals surface area contributed by atoms with Crippen molar-refractivity contribution in [1.29, 1.82) is 0 Å². The Morgan fingerprint density at radius 2 is 2.17 bits per heavy atom. The summed E-state index contributed by atoms with van der Waals surface area (Å²) in [7, 11) is 0. The smallest absolute Gasteiger partial charge is 0.414 e. The Bertz CT molecular complexity index is 186. The molecule has 0 saturated carbocycles. The molecule has 0 aromatic heterocycles. The van der Waals surface area contributed by atoms with E-state index in [9.17, 15) is 9.59 Å². The fourth-order valence-corrected chi connectivity index (χ4v) is 0.820. The van der Waals surface area contributed by atoms with Crippen LogP contribution in [0.15, 0.2) is 0 Å². The molecule has 1 atom stereocenters. The third kappa shape index (κ3) is 2.71. The van der Waals surface area contributed by atoms with E-state index in [1.54, 1.807) is 6.92 Å². The van der Waals surface area contributed by atoms with Crippen LogP contribution in [0.3, 0.4) is 0 Å². The number of amides is 2. The molecule has 0 aromatic carbocycles. The topological polar surface area (TPSA) is 83.6 Å². The number of rotatable bonds is 3. The highest BCUT2D eigenvalue weighted by Gasteiger charge is 2.23. The Balaban J connectivity index is 4.31. The molecule has 3 N–H and O–H groups in total.